The summed E-state index contributed by atoms with van der Waals surface area (Å²) in [6.45, 7) is 0. The first-order chi connectivity index (χ1) is 5.12. The van der Waals surface area contributed by atoms with Crippen LogP contribution in [-0.2, 0) is 9.53 Å². The maximum atomic E-state index is 11.0. The first-order valence-corrected chi connectivity index (χ1v) is 3.46. The lowest BCUT2D eigenvalue weighted by molar-refractivity contribution is -0.151. The Hall–Kier alpha value is -0.720. The molecule has 1 aliphatic carbocycles. The highest BCUT2D eigenvalue weighted by Gasteiger charge is 2.47. The zero-order valence-corrected chi connectivity index (χ0v) is 7.69. The minimum Gasteiger partial charge on any atom is -0.468 e. The molecular weight excluding hydrogens is 178 g/mol. The summed E-state index contributed by atoms with van der Waals surface area (Å²) in [6, 6.07) is 0. The van der Waals surface area contributed by atoms with Gasteiger partial charge in [0.2, 0.25) is 0 Å². The number of esters is 1. The van der Waals surface area contributed by atoms with Crippen molar-refractivity contribution in [2.75, 3.05) is 7.11 Å². The lowest BCUT2D eigenvalue weighted by atomic mass is 9.69. The summed E-state index contributed by atoms with van der Waals surface area (Å²) in [6.07, 6.45) is 6.24. The van der Waals surface area contributed by atoms with E-state index in [2.05, 4.69) is 10.7 Å². The number of hydrogen-bond donors (Lipinski definition) is 1. The van der Waals surface area contributed by atoms with Crippen molar-refractivity contribution in [3.05, 3.63) is 0 Å². The van der Waals surface area contributed by atoms with Crippen LogP contribution >= 0.6 is 12.4 Å². The van der Waals surface area contributed by atoms with Crippen molar-refractivity contribution in [3.63, 3.8) is 0 Å². The number of carbonyl (C=O) groups is 1. The largest absolute Gasteiger partial charge is 0.468 e. The van der Waals surface area contributed by atoms with Gasteiger partial charge in [0.15, 0.2) is 0 Å². The van der Waals surface area contributed by atoms with Gasteiger partial charge in [-0.1, -0.05) is 0 Å². The number of terminal acetylenes is 1. The molecule has 0 aliphatic heterocycles. The molecule has 68 valence electrons. The second-order valence-electron chi connectivity index (χ2n) is 2.92. The normalized spacial score (nSPS) is 32.2. The Morgan fingerprint density at radius 1 is 1.75 bits per heavy atom. The maximum absolute atomic E-state index is 11.0. The van der Waals surface area contributed by atoms with E-state index in [-0.39, 0.29) is 24.3 Å². The molecule has 0 unspecified atom stereocenters. The number of carbonyl (C=O) groups excluding carboxylic acids is 1. The Kier molecular flexibility index (Phi) is 3.56. The minimum atomic E-state index is -0.800. The molecule has 4 heteroatoms. The summed E-state index contributed by atoms with van der Waals surface area (Å²) in [5, 5.41) is 0. The third-order valence-corrected chi connectivity index (χ3v) is 2.05. The molecule has 1 fully saturated rings. The Labute approximate surface area is 78.1 Å². The number of halogens is 1. The number of methoxy groups -OCH3 is 1. The Bertz CT molecular complexity index is 216. The Balaban J connectivity index is 0.00000121. The van der Waals surface area contributed by atoms with Crippen molar-refractivity contribution < 1.29 is 9.53 Å². The molecule has 2 N–H and O–H groups in total. The van der Waals surface area contributed by atoms with E-state index in [0.29, 0.717) is 12.8 Å². The summed E-state index contributed by atoms with van der Waals surface area (Å²) in [4.78, 5) is 11.0. The van der Waals surface area contributed by atoms with Gasteiger partial charge in [0.05, 0.1) is 7.11 Å². The predicted molar refractivity (Wildman–Crippen MR) is 47.7 cm³/mol. The fourth-order valence-corrected chi connectivity index (χ4v) is 1.31. The lowest BCUT2D eigenvalue weighted by Crippen LogP contribution is -2.58. The monoisotopic (exact) mass is 189 g/mol. The molecule has 0 amide bonds. The van der Waals surface area contributed by atoms with Crippen LogP contribution in [0.2, 0.25) is 0 Å². The van der Waals surface area contributed by atoms with Gasteiger partial charge >= 0.3 is 5.97 Å². The molecule has 0 saturated heterocycles. The van der Waals surface area contributed by atoms with E-state index in [1.54, 1.807) is 0 Å². The van der Waals surface area contributed by atoms with Crippen LogP contribution in [0.4, 0.5) is 0 Å². The van der Waals surface area contributed by atoms with Gasteiger partial charge in [-0.2, -0.15) is 0 Å². The molecule has 0 bridgehead atoms. The molecule has 0 heterocycles. The molecule has 1 rings (SSSR count). The third kappa shape index (κ3) is 1.71. The number of nitrogens with two attached hydrogens (primary N) is 1. The summed E-state index contributed by atoms with van der Waals surface area (Å²) >= 11 is 0. The number of hydrogen-bond acceptors (Lipinski definition) is 3. The molecule has 0 aromatic carbocycles. The van der Waals surface area contributed by atoms with E-state index in [1.165, 1.54) is 7.11 Å². The highest BCUT2D eigenvalue weighted by molar-refractivity contribution is 5.85. The van der Waals surface area contributed by atoms with Crippen LogP contribution in [0.3, 0.4) is 0 Å². The average Bonchev–Trinajstić information content (AvgIpc) is 1.96. The molecular formula is C8H12ClNO2. The molecule has 0 spiro atoms. The zero-order chi connectivity index (χ0) is 8.48. The summed E-state index contributed by atoms with van der Waals surface area (Å²) < 4.78 is 4.52. The van der Waals surface area contributed by atoms with Gasteiger partial charge in [-0.25, -0.2) is 0 Å². The third-order valence-electron chi connectivity index (χ3n) is 2.05. The van der Waals surface area contributed by atoms with Crippen LogP contribution in [0.5, 0.6) is 0 Å². The summed E-state index contributed by atoms with van der Waals surface area (Å²) in [5.41, 5.74) is 4.85. The maximum Gasteiger partial charge on any atom is 0.325 e. The van der Waals surface area contributed by atoms with E-state index in [9.17, 15) is 4.79 Å². The van der Waals surface area contributed by atoms with E-state index < -0.39 is 5.54 Å². The number of rotatable bonds is 1. The van der Waals surface area contributed by atoms with Crippen LogP contribution in [0, 0.1) is 18.3 Å². The van der Waals surface area contributed by atoms with Gasteiger partial charge in [0.1, 0.15) is 5.54 Å². The Morgan fingerprint density at radius 2 is 2.25 bits per heavy atom. The van der Waals surface area contributed by atoms with Crippen LogP contribution in [0.25, 0.3) is 0 Å². The molecule has 1 saturated carbocycles. The van der Waals surface area contributed by atoms with Crippen molar-refractivity contribution >= 4 is 18.4 Å². The van der Waals surface area contributed by atoms with E-state index in [1.807, 2.05) is 0 Å². The molecule has 1 aliphatic rings. The van der Waals surface area contributed by atoms with Crippen LogP contribution in [0.1, 0.15) is 12.8 Å². The van der Waals surface area contributed by atoms with Crippen molar-refractivity contribution in [1.82, 2.24) is 0 Å². The molecule has 12 heavy (non-hydrogen) atoms. The first kappa shape index (κ1) is 11.3. The van der Waals surface area contributed by atoms with Crippen LogP contribution in [0.15, 0.2) is 0 Å². The zero-order valence-electron chi connectivity index (χ0n) is 6.87. The second kappa shape index (κ2) is 3.79. The van der Waals surface area contributed by atoms with E-state index in [0.717, 1.165) is 0 Å². The molecule has 0 aromatic rings. The quantitative estimate of drug-likeness (QED) is 0.478. The smallest absolute Gasteiger partial charge is 0.325 e. The van der Waals surface area contributed by atoms with Gasteiger partial charge < -0.3 is 10.5 Å². The van der Waals surface area contributed by atoms with Crippen molar-refractivity contribution in [1.29, 1.82) is 0 Å². The van der Waals surface area contributed by atoms with Gasteiger partial charge in [0.25, 0.3) is 0 Å². The predicted octanol–water partition coefficient (Wildman–Crippen LogP) is 0.322. The summed E-state index contributed by atoms with van der Waals surface area (Å²) in [5.74, 6) is 2.34. The van der Waals surface area contributed by atoms with Crippen molar-refractivity contribution in [2.45, 2.75) is 18.4 Å². The average molecular weight is 190 g/mol. The lowest BCUT2D eigenvalue weighted by Gasteiger charge is -2.39. The highest BCUT2D eigenvalue weighted by Crippen LogP contribution is 2.35. The molecule has 3 nitrogen and oxygen atoms in total. The topological polar surface area (TPSA) is 52.3 Å². The van der Waals surface area contributed by atoms with Gasteiger partial charge in [-0.15, -0.1) is 24.8 Å². The van der Waals surface area contributed by atoms with Crippen LogP contribution in [-0.4, -0.2) is 18.6 Å². The standard InChI is InChI=1S/C8H11NO2.ClH/c1-3-6-4-8(9,5-6)7(10)11-2;/h1,6H,4-5,9H2,2H3;1H. The molecule has 0 atom stereocenters. The molecule has 0 radical (unpaired) electrons. The highest BCUT2D eigenvalue weighted by atomic mass is 35.5. The van der Waals surface area contributed by atoms with Gasteiger partial charge in [0, 0.05) is 5.92 Å². The van der Waals surface area contributed by atoms with Gasteiger partial charge in [-0.05, 0) is 12.8 Å². The van der Waals surface area contributed by atoms with Gasteiger partial charge in [-0.3, -0.25) is 4.79 Å². The Morgan fingerprint density at radius 3 is 2.58 bits per heavy atom. The minimum absolute atomic E-state index is 0. The fourth-order valence-electron chi connectivity index (χ4n) is 1.31. The number of ether oxygens (including phenoxy) is 1. The SMILES string of the molecule is C#CC1CC(N)(C(=O)OC)C1.Cl. The summed E-state index contributed by atoms with van der Waals surface area (Å²) in [7, 11) is 1.33. The molecule has 0 aromatic heterocycles. The van der Waals surface area contributed by atoms with Crippen molar-refractivity contribution in [2.24, 2.45) is 11.7 Å². The van der Waals surface area contributed by atoms with Crippen molar-refractivity contribution in [3.8, 4) is 12.3 Å². The second-order valence-corrected chi connectivity index (χ2v) is 2.92. The first-order valence-electron chi connectivity index (χ1n) is 3.46. The fraction of sp³-hybridized carbons (Fsp3) is 0.625. The van der Waals surface area contributed by atoms with E-state index in [4.69, 9.17) is 12.2 Å². The van der Waals surface area contributed by atoms with E-state index >= 15 is 0 Å². The van der Waals surface area contributed by atoms with Crippen LogP contribution < -0.4 is 5.73 Å².